The van der Waals surface area contributed by atoms with Crippen molar-refractivity contribution in [2.24, 2.45) is 0 Å². The summed E-state index contributed by atoms with van der Waals surface area (Å²) in [6, 6.07) is 9.34. The molecule has 4 aliphatic heterocycles. The number of nitrogens with zero attached hydrogens (tertiary/aromatic N) is 4. The average Bonchev–Trinajstić information content (AvgIpc) is 3.18. The second kappa shape index (κ2) is 3.66. The van der Waals surface area contributed by atoms with Gasteiger partial charge in [0.15, 0.2) is 11.4 Å². The number of hydrogen-bond donors (Lipinski definition) is 0. The standard InChI is InChI=1S/C20H22N4/c1-12-9-16-5-7-18-11-19-8-6-17-10-13(2)22-15(4)14(3)21(12)20(22,23(16)18)24(17)19/h5-8H,9-11H2,1-4H3/q+2. The highest BCUT2D eigenvalue weighted by atomic mass is 15.6. The minimum absolute atomic E-state index is 0.292. The quantitative estimate of drug-likeness (QED) is 0.664. The van der Waals surface area contributed by atoms with E-state index in [1.807, 2.05) is 0 Å². The molecule has 0 fully saturated rings. The molecule has 4 heteroatoms. The van der Waals surface area contributed by atoms with Crippen LogP contribution < -0.4 is 0 Å². The maximum Gasteiger partial charge on any atom is 0.551 e. The molecule has 0 bridgehead atoms. The van der Waals surface area contributed by atoms with Crippen LogP contribution in [-0.2, 0) is 25.2 Å². The average molecular weight is 318 g/mol. The molecule has 0 unspecified atom stereocenters. The molecule has 4 nitrogen and oxygen atoms in total. The zero-order valence-electron chi connectivity index (χ0n) is 14.7. The van der Waals surface area contributed by atoms with Gasteiger partial charge in [-0.15, -0.1) is 0 Å². The minimum atomic E-state index is -0.292. The highest BCUT2D eigenvalue weighted by molar-refractivity contribution is 5.83. The summed E-state index contributed by atoms with van der Waals surface area (Å²) in [4.78, 5) is 0. The van der Waals surface area contributed by atoms with Gasteiger partial charge >= 0.3 is 5.91 Å². The minimum Gasteiger partial charge on any atom is -0.206 e. The van der Waals surface area contributed by atoms with Gasteiger partial charge in [-0.25, -0.2) is 9.13 Å². The van der Waals surface area contributed by atoms with Crippen LogP contribution in [0.15, 0.2) is 35.7 Å². The maximum absolute atomic E-state index is 2.61. The molecule has 4 aliphatic rings. The van der Waals surface area contributed by atoms with Gasteiger partial charge in [-0.2, -0.15) is 0 Å². The molecule has 2 aromatic heterocycles. The second-order valence-corrected chi connectivity index (χ2v) is 7.75. The van der Waals surface area contributed by atoms with Gasteiger partial charge in [0.05, 0.1) is 12.8 Å². The lowest BCUT2D eigenvalue weighted by Crippen LogP contribution is -2.63. The van der Waals surface area contributed by atoms with Crippen molar-refractivity contribution in [3.63, 3.8) is 0 Å². The summed E-state index contributed by atoms with van der Waals surface area (Å²) in [7, 11) is 0. The van der Waals surface area contributed by atoms with E-state index in [-0.39, 0.29) is 5.91 Å². The Morgan fingerprint density at radius 2 is 1.04 bits per heavy atom. The lowest BCUT2D eigenvalue weighted by Gasteiger charge is -2.38. The number of aromatic nitrogens is 2. The fourth-order valence-electron chi connectivity index (χ4n) is 5.70. The van der Waals surface area contributed by atoms with Crippen LogP contribution in [0.3, 0.4) is 0 Å². The summed E-state index contributed by atoms with van der Waals surface area (Å²) in [5, 5.41) is 0. The Kier molecular flexibility index (Phi) is 1.98. The van der Waals surface area contributed by atoms with Crippen LogP contribution in [0.1, 0.15) is 50.5 Å². The van der Waals surface area contributed by atoms with Gasteiger partial charge in [-0.1, -0.05) is 9.15 Å². The molecule has 0 radical (unpaired) electrons. The van der Waals surface area contributed by atoms with Crippen molar-refractivity contribution in [1.29, 1.82) is 0 Å². The van der Waals surface area contributed by atoms with Crippen LogP contribution in [-0.4, -0.2) is 29.7 Å². The largest absolute Gasteiger partial charge is 0.551 e. The normalized spacial score (nSPS) is 22.3. The number of hydrogen-bond acceptors (Lipinski definition) is 0. The van der Waals surface area contributed by atoms with Gasteiger partial charge in [-0.3, -0.25) is 0 Å². The Balaban J connectivity index is 1.90. The van der Waals surface area contributed by atoms with Crippen molar-refractivity contribution >= 4 is 11.4 Å². The summed E-state index contributed by atoms with van der Waals surface area (Å²) in [6.45, 7) is 9.16. The van der Waals surface area contributed by atoms with E-state index in [0.29, 0.717) is 0 Å². The van der Waals surface area contributed by atoms with Crippen LogP contribution in [0.25, 0.3) is 0 Å². The zero-order chi connectivity index (χ0) is 16.4. The van der Waals surface area contributed by atoms with Crippen LogP contribution in [0.5, 0.6) is 0 Å². The third-order valence-corrected chi connectivity index (χ3v) is 6.48. The summed E-state index contributed by atoms with van der Waals surface area (Å²) in [5.41, 5.74) is 11.4. The molecule has 0 aliphatic carbocycles. The summed E-state index contributed by atoms with van der Waals surface area (Å²) in [6.07, 6.45) is 3.09. The molecule has 0 saturated heterocycles. The Morgan fingerprint density at radius 3 is 1.46 bits per heavy atom. The van der Waals surface area contributed by atoms with Gasteiger partial charge in [0.1, 0.15) is 0 Å². The SMILES string of the molecule is CC1=C(C)[N+]2=C(C)Cc3ccc4n3C23n2c(ccc2C4)CC(C)=[N+]13. The monoisotopic (exact) mass is 318 g/mol. The van der Waals surface area contributed by atoms with Crippen molar-refractivity contribution in [2.45, 2.75) is 52.9 Å². The highest BCUT2D eigenvalue weighted by Crippen LogP contribution is 2.47. The van der Waals surface area contributed by atoms with Crippen LogP contribution in [0.2, 0.25) is 0 Å². The van der Waals surface area contributed by atoms with Gasteiger partial charge in [0.25, 0.3) is 11.4 Å². The molecule has 120 valence electrons. The second-order valence-electron chi connectivity index (χ2n) is 7.75. The van der Waals surface area contributed by atoms with E-state index in [1.165, 1.54) is 45.6 Å². The van der Waals surface area contributed by atoms with Crippen molar-refractivity contribution in [2.75, 3.05) is 0 Å². The van der Waals surface area contributed by atoms with Gasteiger partial charge in [-0.05, 0) is 24.3 Å². The van der Waals surface area contributed by atoms with E-state index in [4.69, 9.17) is 0 Å². The van der Waals surface area contributed by atoms with E-state index in [9.17, 15) is 0 Å². The summed E-state index contributed by atoms with van der Waals surface area (Å²) >= 11 is 0. The smallest absolute Gasteiger partial charge is 0.206 e. The molecule has 0 atom stereocenters. The van der Waals surface area contributed by atoms with Crippen LogP contribution >= 0.6 is 0 Å². The first-order valence-corrected chi connectivity index (χ1v) is 8.88. The molecule has 0 aromatic carbocycles. The highest BCUT2D eigenvalue weighted by Gasteiger charge is 2.71. The molecule has 2 aromatic rings. The van der Waals surface area contributed by atoms with E-state index < -0.39 is 0 Å². The first-order chi connectivity index (χ1) is 11.5. The molecular weight excluding hydrogens is 296 g/mol. The summed E-state index contributed by atoms with van der Waals surface area (Å²) in [5.74, 6) is -0.292. The number of allylic oxidation sites excluding steroid dienone is 2. The third kappa shape index (κ3) is 1.08. The van der Waals surface area contributed by atoms with Gasteiger partial charge in [0, 0.05) is 56.9 Å². The fraction of sp³-hybridized carbons (Fsp3) is 0.400. The predicted octanol–water partition coefficient (Wildman–Crippen LogP) is 2.63. The first kappa shape index (κ1) is 13.0. The Morgan fingerprint density at radius 1 is 0.667 bits per heavy atom. The molecule has 0 amide bonds. The van der Waals surface area contributed by atoms with E-state index in [2.05, 4.69) is 70.2 Å². The Hall–Kier alpha value is -2.36. The van der Waals surface area contributed by atoms with Crippen molar-refractivity contribution < 1.29 is 9.15 Å². The van der Waals surface area contributed by atoms with E-state index >= 15 is 0 Å². The molecule has 6 heterocycles. The maximum atomic E-state index is 2.61. The lowest BCUT2D eigenvalue weighted by molar-refractivity contribution is -0.810. The zero-order valence-corrected chi connectivity index (χ0v) is 14.7. The predicted molar refractivity (Wildman–Crippen MR) is 92.7 cm³/mol. The fourth-order valence-corrected chi connectivity index (χ4v) is 5.70. The van der Waals surface area contributed by atoms with Crippen molar-refractivity contribution in [1.82, 2.24) is 9.13 Å². The van der Waals surface area contributed by atoms with E-state index in [1.54, 1.807) is 0 Å². The molecule has 0 N–H and O–H groups in total. The van der Waals surface area contributed by atoms with Crippen molar-refractivity contribution in [3.8, 4) is 0 Å². The molecule has 0 saturated carbocycles. The Bertz CT molecular complexity index is 983. The molecular formula is C20H22N4+2. The van der Waals surface area contributed by atoms with Crippen molar-refractivity contribution in [3.05, 3.63) is 58.4 Å². The first-order valence-electron chi connectivity index (χ1n) is 8.88. The van der Waals surface area contributed by atoms with Gasteiger partial charge < -0.3 is 0 Å². The third-order valence-electron chi connectivity index (χ3n) is 6.48. The topological polar surface area (TPSA) is 15.9 Å². The molecule has 1 spiro atoms. The summed E-state index contributed by atoms with van der Waals surface area (Å²) < 4.78 is 10.4. The van der Waals surface area contributed by atoms with Crippen LogP contribution in [0, 0.1) is 0 Å². The van der Waals surface area contributed by atoms with E-state index in [0.717, 1.165) is 19.3 Å². The molecule has 6 rings (SSSR count). The molecule has 24 heavy (non-hydrogen) atoms. The number of rotatable bonds is 0. The lowest BCUT2D eigenvalue weighted by atomic mass is 10.1. The van der Waals surface area contributed by atoms with Gasteiger partial charge in [0.2, 0.25) is 0 Å². The Labute approximate surface area is 141 Å². The van der Waals surface area contributed by atoms with Crippen LogP contribution in [0.4, 0.5) is 0 Å².